The first-order chi connectivity index (χ1) is 10.6. The maximum Gasteiger partial charge on any atom is 0.243 e. The fraction of sp³-hybridized carbons (Fsp3) is 0.176. The Balaban J connectivity index is 1.56. The summed E-state index contributed by atoms with van der Waals surface area (Å²) in [5.74, 6) is -0.0243. The summed E-state index contributed by atoms with van der Waals surface area (Å²) in [6, 6.07) is 14.1. The maximum atomic E-state index is 12.0. The van der Waals surface area contributed by atoms with Crippen molar-refractivity contribution in [3.8, 4) is 11.5 Å². The van der Waals surface area contributed by atoms with E-state index >= 15 is 0 Å². The topological polar surface area (TPSA) is 81.9 Å². The molecule has 1 saturated carbocycles. The van der Waals surface area contributed by atoms with Crippen LogP contribution in [0.5, 0.6) is 11.5 Å². The molecule has 3 rings (SSSR count). The van der Waals surface area contributed by atoms with E-state index in [0.29, 0.717) is 5.56 Å². The molecule has 0 aliphatic heterocycles. The maximum absolute atomic E-state index is 12.0. The summed E-state index contributed by atoms with van der Waals surface area (Å²) in [6.07, 6.45) is 2.18. The zero-order chi connectivity index (χ0) is 15.5. The third-order valence-corrected chi connectivity index (χ3v) is 3.75. The van der Waals surface area contributed by atoms with Gasteiger partial charge in [-0.15, -0.1) is 0 Å². The van der Waals surface area contributed by atoms with Crippen molar-refractivity contribution in [2.24, 2.45) is 11.0 Å². The van der Waals surface area contributed by atoms with Crippen LogP contribution >= 0.6 is 0 Å². The van der Waals surface area contributed by atoms with Gasteiger partial charge in [-0.05, 0) is 30.0 Å². The number of hydrogen-bond donors (Lipinski definition) is 3. The third kappa shape index (κ3) is 3.09. The molecule has 2 aromatic rings. The van der Waals surface area contributed by atoms with Crippen molar-refractivity contribution < 1.29 is 15.0 Å². The van der Waals surface area contributed by atoms with Gasteiger partial charge in [0, 0.05) is 17.5 Å². The highest BCUT2D eigenvalue weighted by Crippen LogP contribution is 2.47. The van der Waals surface area contributed by atoms with Crippen LogP contribution < -0.4 is 5.43 Å². The monoisotopic (exact) mass is 296 g/mol. The average Bonchev–Trinajstić information content (AvgIpc) is 3.31. The van der Waals surface area contributed by atoms with Crippen LogP contribution in [-0.4, -0.2) is 22.3 Å². The van der Waals surface area contributed by atoms with Gasteiger partial charge in [-0.1, -0.05) is 30.3 Å². The second-order valence-electron chi connectivity index (χ2n) is 5.34. The van der Waals surface area contributed by atoms with Crippen LogP contribution in [-0.2, 0) is 4.79 Å². The molecule has 0 heterocycles. The molecular weight excluding hydrogens is 280 g/mol. The summed E-state index contributed by atoms with van der Waals surface area (Å²) in [7, 11) is 0. The fourth-order valence-electron chi connectivity index (χ4n) is 2.44. The van der Waals surface area contributed by atoms with E-state index in [-0.39, 0.29) is 29.2 Å². The zero-order valence-electron chi connectivity index (χ0n) is 11.8. The Kier molecular flexibility index (Phi) is 3.78. The van der Waals surface area contributed by atoms with E-state index in [1.54, 1.807) is 0 Å². The molecule has 1 fully saturated rings. The van der Waals surface area contributed by atoms with Gasteiger partial charge in [0.15, 0.2) is 0 Å². The summed E-state index contributed by atoms with van der Waals surface area (Å²) in [5, 5.41) is 22.7. The number of hydrogen-bond acceptors (Lipinski definition) is 4. The molecule has 5 heteroatoms. The molecule has 0 bridgehead atoms. The van der Waals surface area contributed by atoms with E-state index in [1.165, 1.54) is 30.0 Å². The highest BCUT2D eigenvalue weighted by molar-refractivity contribution is 5.87. The van der Waals surface area contributed by atoms with Crippen molar-refractivity contribution in [2.45, 2.75) is 12.3 Å². The first-order valence-corrected chi connectivity index (χ1v) is 7.05. The van der Waals surface area contributed by atoms with Crippen LogP contribution in [0.1, 0.15) is 23.5 Å². The zero-order valence-corrected chi connectivity index (χ0v) is 11.8. The fourth-order valence-corrected chi connectivity index (χ4v) is 2.44. The molecule has 0 radical (unpaired) electrons. The summed E-state index contributed by atoms with van der Waals surface area (Å²) >= 11 is 0. The Labute approximate surface area is 127 Å². The smallest absolute Gasteiger partial charge is 0.243 e. The van der Waals surface area contributed by atoms with E-state index in [1.807, 2.05) is 30.3 Å². The Hall–Kier alpha value is -2.82. The molecule has 1 aliphatic rings. The number of amides is 1. The first kappa shape index (κ1) is 14.1. The van der Waals surface area contributed by atoms with Gasteiger partial charge in [-0.2, -0.15) is 5.10 Å². The minimum absolute atomic E-state index is 0.0256. The van der Waals surface area contributed by atoms with Crippen LogP contribution in [0.25, 0.3) is 0 Å². The number of phenols is 2. The van der Waals surface area contributed by atoms with Gasteiger partial charge in [-0.25, -0.2) is 5.43 Å². The van der Waals surface area contributed by atoms with Gasteiger partial charge < -0.3 is 10.2 Å². The molecule has 22 heavy (non-hydrogen) atoms. The molecule has 0 aromatic heterocycles. The molecule has 0 saturated heterocycles. The van der Waals surface area contributed by atoms with E-state index in [4.69, 9.17) is 0 Å². The average molecular weight is 296 g/mol. The van der Waals surface area contributed by atoms with Crippen LogP contribution in [0.2, 0.25) is 0 Å². The van der Waals surface area contributed by atoms with Gasteiger partial charge in [0.1, 0.15) is 11.5 Å². The quantitative estimate of drug-likeness (QED) is 0.598. The molecule has 2 aromatic carbocycles. The van der Waals surface area contributed by atoms with Gasteiger partial charge >= 0.3 is 0 Å². The lowest BCUT2D eigenvalue weighted by molar-refractivity contribution is -0.122. The minimum Gasteiger partial charge on any atom is -0.508 e. The number of carbonyl (C=O) groups is 1. The van der Waals surface area contributed by atoms with Gasteiger partial charge in [-0.3, -0.25) is 4.79 Å². The molecule has 5 nitrogen and oxygen atoms in total. The van der Waals surface area contributed by atoms with Crippen LogP contribution in [0.4, 0.5) is 0 Å². The number of rotatable bonds is 4. The summed E-state index contributed by atoms with van der Waals surface area (Å²) in [4.78, 5) is 12.0. The molecular formula is C17H16N2O3. The van der Waals surface area contributed by atoms with E-state index in [0.717, 1.165) is 6.42 Å². The summed E-state index contributed by atoms with van der Waals surface area (Å²) in [5.41, 5.74) is 4.09. The largest absolute Gasteiger partial charge is 0.508 e. The number of phenolic OH excluding ortho intramolecular Hbond substituents is 2. The minimum atomic E-state index is -0.122. The number of aromatic hydroxyl groups is 2. The lowest BCUT2D eigenvalue weighted by Gasteiger charge is -2.01. The van der Waals surface area contributed by atoms with Crippen molar-refractivity contribution in [1.82, 2.24) is 5.43 Å². The van der Waals surface area contributed by atoms with E-state index < -0.39 is 0 Å². The number of carbonyl (C=O) groups excluding carboxylic acids is 1. The normalized spacial score (nSPS) is 20.0. The standard InChI is InChI=1S/C17H16N2O3/c20-13-7-6-12(16(21)8-13)10-18-19-17(22)15-9-14(15)11-4-2-1-3-5-11/h1-8,10,14-15,20-21H,9H2,(H,19,22). The van der Waals surface area contributed by atoms with Crippen LogP contribution in [0, 0.1) is 5.92 Å². The summed E-state index contributed by atoms with van der Waals surface area (Å²) < 4.78 is 0. The van der Waals surface area contributed by atoms with Crippen molar-refractivity contribution in [3.05, 3.63) is 59.7 Å². The molecule has 2 unspecified atom stereocenters. The van der Waals surface area contributed by atoms with Crippen molar-refractivity contribution in [2.75, 3.05) is 0 Å². The molecule has 1 aliphatic carbocycles. The second kappa shape index (κ2) is 5.89. The Morgan fingerprint density at radius 2 is 1.95 bits per heavy atom. The Morgan fingerprint density at radius 1 is 1.18 bits per heavy atom. The second-order valence-corrected chi connectivity index (χ2v) is 5.34. The van der Waals surface area contributed by atoms with Crippen molar-refractivity contribution >= 4 is 12.1 Å². The number of nitrogens with one attached hydrogen (secondary N) is 1. The summed E-state index contributed by atoms with van der Waals surface area (Å²) in [6.45, 7) is 0. The highest BCUT2D eigenvalue weighted by atomic mass is 16.3. The van der Waals surface area contributed by atoms with Crippen molar-refractivity contribution in [3.63, 3.8) is 0 Å². The van der Waals surface area contributed by atoms with Crippen molar-refractivity contribution in [1.29, 1.82) is 0 Å². The molecule has 1 amide bonds. The number of benzene rings is 2. The molecule has 3 N–H and O–H groups in total. The predicted molar refractivity (Wildman–Crippen MR) is 82.8 cm³/mol. The van der Waals surface area contributed by atoms with E-state index in [9.17, 15) is 15.0 Å². The molecule has 2 atom stereocenters. The van der Waals surface area contributed by atoms with Gasteiger partial charge in [0.2, 0.25) is 5.91 Å². The predicted octanol–water partition coefficient (Wildman–Crippen LogP) is 2.35. The number of hydrazone groups is 1. The molecule has 112 valence electrons. The lowest BCUT2D eigenvalue weighted by Crippen LogP contribution is -2.20. The van der Waals surface area contributed by atoms with Gasteiger partial charge in [0.05, 0.1) is 6.21 Å². The Bertz CT molecular complexity index is 713. The van der Waals surface area contributed by atoms with Crippen LogP contribution in [0.3, 0.4) is 0 Å². The first-order valence-electron chi connectivity index (χ1n) is 7.05. The Morgan fingerprint density at radius 3 is 2.68 bits per heavy atom. The number of nitrogens with zero attached hydrogens (tertiary/aromatic N) is 1. The SMILES string of the molecule is O=C(NN=Cc1ccc(O)cc1O)C1CC1c1ccccc1. The van der Waals surface area contributed by atoms with E-state index in [2.05, 4.69) is 10.5 Å². The van der Waals surface area contributed by atoms with Gasteiger partial charge in [0.25, 0.3) is 0 Å². The highest BCUT2D eigenvalue weighted by Gasteiger charge is 2.43. The van der Waals surface area contributed by atoms with Crippen LogP contribution in [0.15, 0.2) is 53.6 Å². The molecule has 0 spiro atoms. The lowest BCUT2D eigenvalue weighted by atomic mass is 10.1. The third-order valence-electron chi connectivity index (χ3n) is 3.75.